The number of aliphatic hydroxyl groups excluding tert-OH is 2. The second-order valence-electron chi connectivity index (χ2n) is 3.17. The summed E-state index contributed by atoms with van der Waals surface area (Å²) in [6.07, 6.45) is -2.03. The lowest BCUT2D eigenvalue weighted by Gasteiger charge is -2.16. The second kappa shape index (κ2) is 5.21. The Kier molecular flexibility index (Phi) is 4.20. The summed E-state index contributed by atoms with van der Waals surface area (Å²) in [5.41, 5.74) is 6.59. The molecule has 1 rings (SSSR count). The molecule has 2 atom stereocenters. The summed E-state index contributed by atoms with van der Waals surface area (Å²) in [4.78, 5) is 0. The highest BCUT2D eigenvalue weighted by Crippen LogP contribution is 2.26. The Morgan fingerprint density at radius 2 is 2.13 bits per heavy atom. The van der Waals surface area contributed by atoms with Crippen LogP contribution in [0.15, 0.2) is 18.2 Å². The topological polar surface area (TPSA) is 75.7 Å². The lowest BCUT2D eigenvalue weighted by molar-refractivity contribution is 0.0327. The van der Waals surface area contributed by atoms with E-state index in [0.717, 1.165) is 0 Å². The van der Waals surface area contributed by atoms with Crippen LogP contribution in [-0.2, 0) is 0 Å². The highest BCUT2D eigenvalue weighted by molar-refractivity contribution is 6.18. The van der Waals surface area contributed by atoms with E-state index >= 15 is 0 Å². The number of benzene rings is 1. The molecule has 0 aliphatic rings. The first-order valence-corrected chi connectivity index (χ1v) is 4.99. The normalized spacial score (nSPS) is 14.7. The molecule has 0 saturated heterocycles. The average Bonchev–Trinajstić information content (AvgIpc) is 2.26. The van der Waals surface area contributed by atoms with Crippen molar-refractivity contribution >= 4 is 17.3 Å². The predicted octanol–water partition coefficient (Wildman–Crippen LogP) is 0.911. The van der Waals surface area contributed by atoms with Crippen molar-refractivity contribution in [2.45, 2.75) is 12.2 Å². The minimum atomic E-state index is -1.03. The first-order chi connectivity index (χ1) is 7.10. The van der Waals surface area contributed by atoms with Crippen molar-refractivity contribution < 1.29 is 14.9 Å². The maximum Gasteiger partial charge on any atom is 0.141 e. The molecular formula is C10H14ClNO3. The molecule has 2 unspecified atom stereocenters. The summed E-state index contributed by atoms with van der Waals surface area (Å²) in [5, 5.41) is 19.0. The van der Waals surface area contributed by atoms with Gasteiger partial charge in [0.15, 0.2) is 0 Å². The maximum absolute atomic E-state index is 9.65. The number of aliphatic hydroxyl groups is 2. The van der Waals surface area contributed by atoms with E-state index in [0.29, 0.717) is 17.0 Å². The van der Waals surface area contributed by atoms with Crippen LogP contribution in [0.5, 0.6) is 5.75 Å². The van der Waals surface area contributed by atoms with Gasteiger partial charge in [0.25, 0.3) is 0 Å². The van der Waals surface area contributed by atoms with E-state index in [1.165, 1.54) is 7.11 Å². The summed E-state index contributed by atoms with van der Waals surface area (Å²) >= 11 is 5.43. The fourth-order valence-electron chi connectivity index (χ4n) is 1.24. The Morgan fingerprint density at radius 1 is 1.47 bits per heavy atom. The molecule has 0 aliphatic heterocycles. The van der Waals surface area contributed by atoms with Crippen LogP contribution in [0.2, 0.25) is 0 Å². The Hall–Kier alpha value is -0.970. The quantitative estimate of drug-likeness (QED) is 0.532. The molecule has 0 heterocycles. The molecular weight excluding hydrogens is 218 g/mol. The van der Waals surface area contributed by atoms with E-state index in [1.54, 1.807) is 18.2 Å². The zero-order chi connectivity index (χ0) is 11.4. The molecule has 5 heteroatoms. The van der Waals surface area contributed by atoms with E-state index in [9.17, 15) is 10.2 Å². The highest BCUT2D eigenvalue weighted by Gasteiger charge is 2.18. The molecule has 0 bridgehead atoms. The van der Waals surface area contributed by atoms with Crippen LogP contribution in [0, 0.1) is 0 Å². The SMILES string of the molecule is COc1ccc(C(O)C(O)CCl)cc1N. The third kappa shape index (κ3) is 2.75. The Morgan fingerprint density at radius 3 is 2.60 bits per heavy atom. The van der Waals surface area contributed by atoms with Crippen LogP contribution in [-0.4, -0.2) is 29.3 Å². The first-order valence-electron chi connectivity index (χ1n) is 4.45. The Labute approximate surface area is 93.2 Å². The van der Waals surface area contributed by atoms with Crippen LogP contribution in [0.1, 0.15) is 11.7 Å². The largest absolute Gasteiger partial charge is 0.495 e. The molecule has 0 radical (unpaired) electrons. The zero-order valence-corrected chi connectivity index (χ0v) is 9.11. The summed E-state index contributed by atoms with van der Waals surface area (Å²) in [6, 6.07) is 4.82. The van der Waals surface area contributed by atoms with Gasteiger partial charge in [0.2, 0.25) is 0 Å². The van der Waals surface area contributed by atoms with E-state index < -0.39 is 12.2 Å². The van der Waals surface area contributed by atoms with Gasteiger partial charge in [-0.15, -0.1) is 11.6 Å². The van der Waals surface area contributed by atoms with Crippen molar-refractivity contribution in [1.82, 2.24) is 0 Å². The smallest absolute Gasteiger partial charge is 0.141 e. The Bertz CT molecular complexity index is 332. The van der Waals surface area contributed by atoms with Crippen molar-refractivity contribution in [1.29, 1.82) is 0 Å². The van der Waals surface area contributed by atoms with E-state index in [1.807, 2.05) is 0 Å². The van der Waals surface area contributed by atoms with Gasteiger partial charge in [0.1, 0.15) is 11.9 Å². The van der Waals surface area contributed by atoms with E-state index in [4.69, 9.17) is 22.1 Å². The number of nitrogen functional groups attached to an aromatic ring is 1. The predicted molar refractivity (Wildman–Crippen MR) is 59.1 cm³/mol. The summed E-state index contributed by atoms with van der Waals surface area (Å²) < 4.78 is 4.97. The van der Waals surface area contributed by atoms with Gasteiger partial charge in [-0.25, -0.2) is 0 Å². The summed E-state index contributed by atoms with van der Waals surface area (Å²) in [5.74, 6) is 0.499. The highest BCUT2D eigenvalue weighted by atomic mass is 35.5. The van der Waals surface area contributed by atoms with Gasteiger partial charge < -0.3 is 20.7 Å². The minimum absolute atomic E-state index is 0.0346. The molecule has 0 amide bonds. The molecule has 1 aromatic carbocycles. The summed E-state index contributed by atoms with van der Waals surface area (Å²) in [7, 11) is 1.51. The molecule has 0 aromatic heterocycles. The fraction of sp³-hybridized carbons (Fsp3) is 0.400. The number of anilines is 1. The van der Waals surface area contributed by atoms with Crippen molar-refractivity contribution in [3.8, 4) is 5.75 Å². The molecule has 84 valence electrons. The lowest BCUT2D eigenvalue weighted by Crippen LogP contribution is -2.19. The molecule has 15 heavy (non-hydrogen) atoms. The number of halogens is 1. The number of methoxy groups -OCH3 is 1. The van der Waals surface area contributed by atoms with Gasteiger partial charge in [0, 0.05) is 0 Å². The molecule has 0 saturated carbocycles. The van der Waals surface area contributed by atoms with Gasteiger partial charge in [-0.3, -0.25) is 0 Å². The standard InChI is InChI=1S/C10H14ClNO3/c1-15-9-3-2-6(4-7(9)12)10(14)8(13)5-11/h2-4,8,10,13-14H,5,12H2,1H3. The molecule has 0 fully saturated rings. The maximum atomic E-state index is 9.65. The van der Waals surface area contributed by atoms with Crippen LogP contribution in [0.25, 0.3) is 0 Å². The number of nitrogens with two attached hydrogens (primary N) is 1. The molecule has 1 aromatic rings. The molecule has 4 N–H and O–H groups in total. The molecule has 4 nitrogen and oxygen atoms in total. The van der Waals surface area contributed by atoms with Crippen molar-refractivity contribution in [2.24, 2.45) is 0 Å². The van der Waals surface area contributed by atoms with Crippen LogP contribution in [0.3, 0.4) is 0 Å². The van der Waals surface area contributed by atoms with Gasteiger partial charge in [-0.05, 0) is 17.7 Å². The average molecular weight is 232 g/mol. The second-order valence-corrected chi connectivity index (χ2v) is 3.48. The van der Waals surface area contributed by atoms with Crippen molar-refractivity contribution in [2.75, 3.05) is 18.7 Å². The van der Waals surface area contributed by atoms with Gasteiger partial charge in [-0.2, -0.15) is 0 Å². The van der Waals surface area contributed by atoms with E-state index in [2.05, 4.69) is 0 Å². The third-order valence-corrected chi connectivity index (χ3v) is 2.43. The van der Waals surface area contributed by atoms with Crippen LogP contribution in [0.4, 0.5) is 5.69 Å². The van der Waals surface area contributed by atoms with Crippen molar-refractivity contribution in [3.05, 3.63) is 23.8 Å². The van der Waals surface area contributed by atoms with Crippen molar-refractivity contribution in [3.63, 3.8) is 0 Å². The number of alkyl halides is 1. The van der Waals surface area contributed by atoms with Crippen LogP contribution < -0.4 is 10.5 Å². The van der Waals surface area contributed by atoms with Gasteiger partial charge >= 0.3 is 0 Å². The first kappa shape index (κ1) is 12.1. The Balaban J connectivity index is 2.92. The van der Waals surface area contributed by atoms with Gasteiger partial charge in [0.05, 0.1) is 24.8 Å². The minimum Gasteiger partial charge on any atom is -0.495 e. The molecule has 0 spiro atoms. The number of ether oxygens (including phenoxy) is 1. The number of hydrogen-bond donors (Lipinski definition) is 3. The van der Waals surface area contributed by atoms with Crippen LogP contribution >= 0.6 is 11.6 Å². The van der Waals surface area contributed by atoms with E-state index in [-0.39, 0.29) is 5.88 Å². The number of hydrogen-bond acceptors (Lipinski definition) is 4. The fourth-order valence-corrected chi connectivity index (χ4v) is 1.41. The molecule has 0 aliphatic carbocycles. The summed E-state index contributed by atoms with van der Waals surface area (Å²) in [6.45, 7) is 0. The number of rotatable bonds is 4. The zero-order valence-electron chi connectivity index (χ0n) is 8.35. The monoisotopic (exact) mass is 231 g/mol. The third-order valence-electron chi connectivity index (χ3n) is 2.12. The lowest BCUT2D eigenvalue weighted by atomic mass is 10.0. The van der Waals surface area contributed by atoms with Gasteiger partial charge in [-0.1, -0.05) is 6.07 Å².